The first-order valence-corrected chi connectivity index (χ1v) is 3.25. The average molecular weight is 128 g/mol. The summed E-state index contributed by atoms with van der Waals surface area (Å²) >= 11 is 0. The Morgan fingerprint density at radius 1 is 1.67 bits per heavy atom. The van der Waals surface area contributed by atoms with Crippen LogP contribution in [0.15, 0.2) is 0 Å². The van der Waals surface area contributed by atoms with Gasteiger partial charge in [0.1, 0.15) is 6.29 Å². The normalized spacial score (nSPS) is 25.1. The van der Waals surface area contributed by atoms with Crippen LogP contribution in [0.25, 0.3) is 0 Å². The molecule has 1 fully saturated rings. The summed E-state index contributed by atoms with van der Waals surface area (Å²) in [5.74, 6) is 0.0718. The molecular formula is C7H12O2. The lowest BCUT2D eigenvalue weighted by molar-refractivity contribution is -0.115. The summed E-state index contributed by atoms with van der Waals surface area (Å²) in [7, 11) is 1.67. The Kier molecular flexibility index (Phi) is 1.58. The van der Waals surface area contributed by atoms with Crippen LogP contribution in [-0.2, 0) is 9.53 Å². The summed E-state index contributed by atoms with van der Waals surface area (Å²) < 4.78 is 5.17. The number of aldehydes is 1. The van der Waals surface area contributed by atoms with Crippen LogP contribution in [-0.4, -0.2) is 19.0 Å². The summed E-state index contributed by atoms with van der Waals surface area (Å²) in [5, 5.41) is 0. The molecule has 1 rings (SSSR count). The highest BCUT2D eigenvalue weighted by Crippen LogP contribution is 2.44. The summed E-state index contributed by atoms with van der Waals surface area (Å²) in [5.41, 5.74) is -0.0677. The lowest BCUT2D eigenvalue weighted by atomic mass is 10.1. The molecule has 2 nitrogen and oxygen atoms in total. The van der Waals surface area contributed by atoms with Gasteiger partial charge in [-0.05, 0) is 12.8 Å². The highest BCUT2D eigenvalue weighted by molar-refractivity contribution is 5.56. The summed E-state index contributed by atoms with van der Waals surface area (Å²) in [6.45, 7) is 1.91. The van der Waals surface area contributed by atoms with Gasteiger partial charge in [-0.2, -0.15) is 0 Å². The van der Waals surface area contributed by atoms with Gasteiger partial charge in [0.2, 0.25) is 0 Å². The number of ether oxygens (including phenoxy) is 1. The third-order valence-corrected chi connectivity index (χ3v) is 2.18. The predicted molar refractivity (Wildman–Crippen MR) is 34.2 cm³/mol. The third kappa shape index (κ3) is 0.990. The maximum atomic E-state index is 10.3. The molecule has 0 aliphatic heterocycles. The van der Waals surface area contributed by atoms with Crippen LogP contribution in [0.1, 0.15) is 19.8 Å². The summed E-state index contributed by atoms with van der Waals surface area (Å²) in [6.07, 6.45) is 3.06. The lowest BCUT2D eigenvalue weighted by Gasteiger charge is -2.15. The van der Waals surface area contributed by atoms with E-state index in [-0.39, 0.29) is 11.5 Å². The molecule has 0 spiro atoms. The van der Waals surface area contributed by atoms with Gasteiger partial charge in [0.05, 0.1) is 5.60 Å². The largest absolute Gasteiger partial charge is 0.378 e. The minimum Gasteiger partial charge on any atom is -0.378 e. The van der Waals surface area contributed by atoms with Crippen molar-refractivity contribution in [3.8, 4) is 0 Å². The summed E-state index contributed by atoms with van der Waals surface area (Å²) in [4.78, 5) is 10.3. The number of carbonyl (C=O) groups is 1. The first-order valence-electron chi connectivity index (χ1n) is 3.25. The number of methoxy groups -OCH3 is 1. The van der Waals surface area contributed by atoms with Crippen molar-refractivity contribution in [1.29, 1.82) is 0 Å². The van der Waals surface area contributed by atoms with Crippen LogP contribution < -0.4 is 0 Å². The molecule has 1 aliphatic carbocycles. The first-order chi connectivity index (χ1) is 4.25. The van der Waals surface area contributed by atoms with Gasteiger partial charge in [-0.1, -0.05) is 6.92 Å². The number of carbonyl (C=O) groups excluding carboxylic acids is 1. The van der Waals surface area contributed by atoms with Gasteiger partial charge in [-0.25, -0.2) is 0 Å². The molecule has 52 valence electrons. The smallest absolute Gasteiger partial charge is 0.125 e. The maximum Gasteiger partial charge on any atom is 0.125 e. The molecule has 1 saturated carbocycles. The Balaban J connectivity index is 2.48. The molecule has 0 bridgehead atoms. The average Bonchev–Trinajstić information content (AvgIpc) is 2.66. The van der Waals surface area contributed by atoms with E-state index in [1.807, 2.05) is 6.92 Å². The van der Waals surface area contributed by atoms with Crippen molar-refractivity contribution in [2.75, 3.05) is 7.11 Å². The van der Waals surface area contributed by atoms with E-state index in [1.54, 1.807) is 7.11 Å². The van der Waals surface area contributed by atoms with Gasteiger partial charge in [0.15, 0.2) is 0 Å². The predicted octanol–water partition coefficient (Wildman–Crippen LogP) is 1.00. The molecule has 0 aromatic rings. The van der Waals surface area contributed by atoms with E-state index < -0.39 is 0 Å². The Hall–Kier alpha value is -0.370. The molecule has 0 saturated heterocycles. The van der Waals surface area contributed by atoms with Crippen molar-refractivity contribution in [2.24, 2.45) is 5.92 Å². The van der Waals surface area contributed by atoms with Crippen LogP contribution in [0.2, 0.25) is 0 Å². The fourth-order valence-electron chi connectivity index (χ4n) is 1.09. The second kappa shape index (κ2) is 2.10. The number of rotatable bonds is 3. The van der Waals surface area contributed by atoms with E-state index in [9.17, 15) is 4.79 Å². The van der Waals surface area contributed by atoms with Crippen LogP contribution in [0.3, 0.4) is 0 Å². The van der Waals surface area contributed by atoms with Gasteiger partial charge in [0.25, 0.3) is 0 Å². The second-order valence-electron chi connectivity index (χ2n) is 2.69. The molecule has 2 heteroatoms. The van der Waals surface area contributed by atoms with Gasteiger partial charge in [-0.3, -0.25) is 0 Å². The lowest BCUT2D eigenvalue weighted by Crippen LogP contribution is -2.22. The highest BCUT2D eigenvalue weighted by atomic mass is 16.5. The van der Waals surface area contributed by atoms with E-state index >= 15 is 0 Å². The van der Waals surface area contributed by atoms with Crippen molar-refractivity contribution >= 4 is 6.29 Å². The molecule has 0 aromatic heterocycles. The zero-order valence-corrected chi connectivity index (χ0v) is 5.89. The maximum absolute atomic E-state index is 10.3. The Bertz CT molecular complexity index is 116. The molecule has 0 N–H and O–H groups in total. The fourth-order valence-corrected chi connectivity index (χ4v) is 1.09. The van der Waals surface area contributed by atoms with E-state index in [0.717, 1.165) is 19.1 Å². The first kappa shape index (κ1) is 6.75. The van der Waals surface area contributed by atoms with Crippen molar-refractivity contribution in [1.82, 2.24) is 0 Å². The van der Waals surface area contributed by atoms with Crippen molar-refractivity contribution in [3.05, 3.63) is 0 Å². The zero-order chi connectivity index (χ0) is 6.91. The minimum atomic E-state index is -0.0677. The number of hydrogen-bond donors (Lipinski definition) is 0. The molecular weight excluding hydrogens is 116 g/mol. The molecule has 0 aromatic carbocycles. The minimum absolute atomic E-state index is 0.0677. The van der Waals surface area contributed by atoms with Gasteiger partial charge < -0.3 is 9.53 Å². The Labute approximate surface area is 55.2 Å². The standard InChI is InChI=1S/C7H12O2/c1-6(5-8)7(9-2)3-4-7/h5-6H,3-4H2,1-2H3. The number of hydrogen-bond acceptors (Lipinski definition) is 2. The highest BCUT2D eigenvalue weighted by Gasteiger charge is 2.47. The molecule has 1 atom stereocenters. The van der Waals surface area contributed by atoms with Crippen molar-refractivity contribution in [2.45, 2.75) is 25.4 Å². The van der Waals surface area contributed by atoms with Gasteiger partial charge in [0, 0.05) is 13.0 Å². The van der Waals surface area contributed by atoms with E-state index in [4.69, 9.17) is 4.74 Å². The SMILES string of the molecule is COC1(C(C)C=O)CC1. The molecule has 1 aliphatic rings. The quantitative estimate of drug-likeness (QED) is 0.530. The van der Waals surface area contributed by atoms with Crippen LogP contribution >= 0.6 is 0 Å². The van der Waals surface area contributed by atoms with Crippen molar-refractivity contribution in [3.63, 3.8) is 0 Å². The third-order valence-electron chi connectivity index (χ3n) is 2.18. The Morgan fingerprint density at radius 3 is 2.33 bits per heavy atom. The topological polar surface area (TPSA) is 26.3 Å². The molecule has 0 radical (unpaired) electrons. The fraction of sp³-hybridized carbons (Fsp3) is 0.857. The molecule has 0 amide bonds. The molecule has 9 heavy (non-hydrogen) atoms. The van der Waals surface area contributed by atoms with Crippen LogP contribution in [0, 0.1) is 5.92 Å². The van der Waals surface area contributed by atoms with Crippen molar-refractivity contribution < 1.29 is 9.53 Å². The van der Waals surface area contributed by atoms with Gasteiger partial charge in [-0.15, -0.1) is 0 Å². The monoisotopic (exact) mass is 128 g/mol. The Morgan fingerprint density at radius 2 is 2.22 bits per heavy atom. The summed E-state index contributed by atoms with van der Waals surface area (Å²) in [6, 6.07) is 0. The van der Waals surface area contributed by atoms with Crippen LogP contribution in [0.5, 0.6) is 0 Å². The molecule has 0 heterocycles. The van der Waals surface area contributed by atoms with E-state index in [0.29, 0.717) is 0 Å². The van der Waals surface area contributed by atoms with E-state index in [2.05, 4.69) is 0 Å². The van der Waals surface area contributed by atoms with Crippen LogP contribution in [0.4, 0.5) is 0 Å². The van der Waals surface area contributed by atoms with E-state index in [1.165, 1.54) is 0 Å². The molecule has 1 unspecified atom stereocenters. The second-order valence-corrected chi connectivity index (χ2v) is 2.69. The zero-order valence-electron chi connectivity index (χ0n) is 5.89. The van der Waals surface area contributed by atoms with Gasteiger partial charge >= 0.3 is 0 Å².